The molecule has 0 radical (unpaired) electrons. The first-order chi connectivity index (χ1) is 8.15. The quantitative estimate of drug-likeness (QED) is 0.785. The molecule has 1 aromatic carbocycles. The van der Waals surface area contributed by atoms with Gasteiger partial charge in [0, 0.05) is 12.7 Å². The topological polar surface area (TPSA) is 38.1 Å². The first-order valence-electron chi connectivity index (χ1n) is 5.14. The van der Waals surface area contributed by atoms with Crippen LogP contribution in [0.2, 0.25) is 5.15 Å². The van der Waals surface area contributed by atoms with Crippen LogP contribution in [0.3, 0.4) is 0 Å². The second-order valence-electron chi connectivity index (χ2n) is 3.66. The predicted molar refractivity (Wildman–Crippen MR) is 67.6 cm³/mol. The summed E-state index contributed by atoms with van der Waals surface area (Å²) in [6.07, 6.45) is 0.741. The van der Waals surface area contributed by atoms with Gasteiger partial charge in [0.05, 0.1) is 5.69 Å². The minimum atomic E-state index is 0.443. The Bertz CT molecular complexity index is 536. The smallest absolute Gasteiger partial charge is 0.218 e. The Morgan fingerprint density at radius 3 is 2.47 bits per heavy atom. The van der Waals surface area contributed by atoms with E-state index in [2.05, 4.69) is 5.10 Å². The zero-order chi connectivity index (χ0) is 12.4. The van der Waals surface area contributed by atoms with Crippen LogP contribution >= 0.6 is 11.6 Å². The third kappa shape index (κ3) is 2.03. The number of halogens is 1. The molecule has 0 atom stereocenters. The van der Waals surface area contributed by atoms with Crippen LogP contribution < -0.4 is 4.90 Å². The van der Waals surface area contributed by atoms with Crippen LogP contribution in [0, 0.1) is 6.92 Å². The molecule has 88 valence electrons. The monoisotopic (exact) mass is 249 g/mol. The van der Waals surface area contributed by atoms with Crippen molar-refractivity contribution in [1.82, 2.24) is 9.78 Å². The summed E-state index contributed by atoms with van der Waals surface area (Å²) in [7, 11) is 1.74. The maximum Gasteiger partial charge on any atom is 0.218 e. The molecular formula is C12H12ClN3O. The number of nitrogens with zero attached hydrogens (tertiary/aromatic N) is 3. The van der Waals surface area contributed by atoms with Gasteiger partial charge in [0.1, 0.15) is 5.69 Å². The number of benzene rings is 1. The van der Waals surface area contributed by atoms with Crippen molar-refractivity contribution in [3.05, 3.63) is 41.2 Å². The zero-order valence-corrected chi connectivity index (χ0v) is 10.3. The highest BCUT2D eigenvalue weighted by Crippen LogP contribution is 2.32. The fourth-order valence-electron chi connectivity index (χ4n) is 1.72. The van der Waals surface area contributed by atoms with Gasteiger partial charge in [-0.2, -0.15) is 5.10 Å². The maximum atomic E-state index is 11.2. The minimum Gasteiger partial charge on any atom is -0.279 e. The first kappa shape index (κ1) is 11.7. The van der Waals surface area contributed by atoms with Crippen molar-refractivity contribution < 1.29 is 4.79 Å². The van der Waals surface area contributed by atoms with Crippen molar-refractivity contribution in [2.24, 2.45) is 7.05 Å². The Balaban J connectivity index is 2.53. The van der Waals surface area contributed by atoms with Gasteiger partial charge >= 0.3 is 0 Å². The molecule has 0 spiro atoms. The van der Waals surface area contributed by atoms with Crippen molar-refractivity contribution in [1.29, 1.82) is 0 Å². The number of hydrogen-bond acceptors (Lipinski definition) is 2. The molecule has 2 aromatic rings. The van der Waals surface area contributed by atoms with Gasteiger partial charge in [0.15, 0.2) is 5.15 Å². The Morgan fingerprint density at radius 2 is 2.00 bits per heavy atom. The summed E-state index contributed by atoms with van der Waals surface area (Å²) in [5.41, 5.74) is 2.10. The van der Waals surface area contributed by atoms with E-state index in [9.17, 15) is 4.79 Å². The molecule has 0 bridgehead atoms. The van der Waals surface area contributed by atoms with E-state index in [-0.39, 0.29) is 0 Å². The van der Waals surface area contributed by atoms with E-state index >= 15 is 0 Å². The summed E-state index contributed by atoms with van der Waals surface area (Å²) in [5, 5.41) is 4.63. The number of aryl methyl sites for hydroxylation is 2. The second kappa shape index (κ2) is 4.59. The summed E-state index contributed by atoms with van der Waals surface area (Å²) in [5.74, 6) is 0. The van der Waals surface area contributed by atoms with Crippen molar-refractivity contribution in [2.45, 2.75) is 6.92 Å². The molecule has 2 rings (SSSR count). The molecule has 0 saturated heterocycles. The molecular weight excluding hydrogens is 238 g/mol. The van der Waals surface area contributed by atoms with Crippen LogP contribution in [0.15, 0.2) is 30.3 Å². The lowest BCUT2D eigenvalue weighted by atomic mass is 10.2. The summed E-state index contributed by atoms with van der Waals surface area (Å²) in [4.78, 5) is 12.7. The van der Waals surface area contributed by atoms with Gasteiger partial charge in [0.2, 0.25) is 6.41 Å². The Labute approximate surface area is 104 Å². The number of carbonyl (C=O) groups excluding carboxylic acids is 1. The molecule has 0 aliphatic carbocycles. The van der Waals surface area contributed by atoms with Gasteiger partial charge in [-0.15, -0.1) is 0 Å². The van der Waals surface area contributed by atoms with E-state index in [1.165, 1.54) is 4.90 Å². The average molecular weight is 250 g/mol. The number of hydrogen-bond donors (Lipinski definition) is 0. The van der Waals surface area contributed by atoms with E-state index in [0.717, 1.165) is 12.1 Å². The van der Waals surface area contributed by atoms with E-state index < -0.39 is 0 Å². The molecule has 1 heterocycles. The van der Waals surface area contributed by atoms with Crippen LogP contribution in [0.4, 0.5) is 11.4 Å². The van der Waals surface area contributed by atoms with E-state index in [0.29, 0.717) is 16.5 Å². The molecule has 1 amide bonds. The van der Waals surface area contributed by atoms with Crippen LogP contribution in [0.25, 0.3) is 0 Å². The fourth-order valence-corrected chi connectivity index (χ4v) is 1.99. The third-order valence-electron chi connectivity index (χ3n) is 2.50. The van der Waals surface area contributed by atoms with E-state index in [1.807, 2.05) is 37.3 Å². The molecule has 5 heteroatoms. The normalized spacial score (nSPS) is 10.3. The van der Waals surface area contributed by atoms with Gasteiger partial charge in [-0.3, -0.25) is 14.4 Å². The molecule has 1 aromatic heterocycles. The highest BCUT2D eigenvalue weighted by Gasteiger charge is 2.19. The largest absolute Gasteiger partial charge is 0.279 e. The minimum absolute atomic E-state index is 0.443. The number of anilines is 2. The summed E-state index contributed by atoms with van der Waals surface area (Å²) in [6.45, 7) is 1.82. The van der Waals surface area contributed by atoms with Gasteiger partial charge in [-0.1, -0.05) is 29.8 Å². The molecule has 0 saturated carbocycles. The number of aromatic nitrogens is 2. The van der Waals surface area contributed by atoms with Crippen LogP contribution in [-0.2, 0) is 11.8 Å². The Hall–Kier alpha value is -1.81. The van der Waals surface area contributed by atoms with Crippen molar-refractivity contribution in [2.75, 3.05) is 4.90 Å². The van der Waals surface area contributed by atoms with Crippen molar-refractivity contribution in [3.8, 4) is 0 Å². The fraction of sp³-hybridized carbons (Fsp3) is 0.167. The van der Waals surface area contributed by atoms with Crippen LogP contribution in [-0.4, -0.2) is 16.2 Å². The SMILES string of the molecule is Cc1nn(C)c(Cl)c1N(C=O)c1ccccc1. The van der Waals surface area contributed by atoms with Crippen LogP contribution in [0.5, 0.6) is 0 Å². The highest BCUT2D eigenvalue weighted by atomic mass is 35.5. The molecule has 0 N–H and O–H groups in total. The van der Waals surface area contributed by atoms with Crippen LogP contribution in [0.1, 0.15) is 5.69 Å². The standard InChI is InChI=1S/C12H12ClN3O/c1-9-11(12(13)15(2)14-9)16(8-17)10-6-4-3-5-7-10/h3-8H,1-2H3. The van der Waals surface area contributed by atoms with Crippen molar-refractivity contribution >= 4 is 29.4 Å². The van der Waals surface area contributed by atoms with Gasteiger partial charge < -0.3 is 0 Å². The lowest BCUT2D eigenvalue weighted by Crippen LogP contribution is -2.14. The molecule has 0 aliphatic heterocycles. The second-order valence-corrected chi connectivity index (χ2v) is 4.02. The number of para-hydroxylation sites is 1. The molecule has 0 fully saturated rings. The third-order valence-corrected chi connectivity index (χ3v) is 2.93. The lowest BCUT2D eigenvalue weighted by molar-refractivity contribution is -0.106. The van der Waals surface area contributed by atoms with Crippen molar-refractivity contribution in [3.63, 3.8) is 0 Å². The maximum absolute atomic E-state index is 11.2. The summed E-state index contributed by atoms with van der Waals surface area (Å²) >= 11 is 6.14. The number of amides is 1. The zero-order valence-electron chi connectivity index (χ0n) is 9.59. The van der Waals surface area contributed by atoms with E-state index in [4.69, 9.17) is 11.6 Å². The van der Waals surface area contributed by atoms with Gasteiger partial charge in [-0.25, -0.2) is 0 Å². The molecule has 0 aliphatic rings. The average Bonchev–Trinajstić information content (AvgIpc) is 2.58. The Kier molecular flexibility index (Phi) is 3.15. The van der Waals surface area contributed by atoms with Gasteiger partial charge in [0.25, 0.3) is 0 Å². The first-order valence-corrected chi connectivity index (χ1v) is 5.51. The van der Waals surface area contributed by atoms with E-state index in [1.54, 1.807) is 11.7 Å². The summed E-state index contributed by atoms with van der Waals surface area (Å²) in [6, 6.07) is 9.31. The predicted octanol–water partition coefficient (Wildman–Crippen LogP) is 2.68. The Morgan fingerprint density at radius 1 is 1.35 bits per heavy atom. The van der Waals surface area contributed by atoms with Gasteiger partial charge in [-0.05, 0) is 19.1 Å². The highest BCUT2D eigenvalue weighted by molar-refractivity contribution is 6.33. The number of carbonyl (C=O) groups is 1. The lowest BCUT2D eigenvalue weighted by Gasteiger charge is -2.16. The molecule has 17 heavy (non-hydrogen) atoms. The summed E-state index contributed by atoms with van der Waals surface area (Å²) < 4.78 is 1.55. The molecule has 4 nitrogen and oxygen atoms in total. The number of rotatable bonds is 3. The molecule has 0 unspecified atom stereocenters.